The van der Waals surface area contributed by atoms with Crippen molar-refractivity contribution in [3.63, 3.8) is 0 Å². The average molecular weight is 731 g/mol. The van der Waals surface area contributed by atoms with Crippen molar-refractivity contribution in [1.82, 2.24) is 0 Å². The first-order valence-electron chi connectivity index (χ1n) is 25.1. The SMILES string of the molecule is CC1CCCCC1C1CCCC(C2CCCC(C3CCC4C(CCC(C(C)C5CCCC(C6CCCC7C8CCCCC8SC67)C5)C4C)C3)C2)C1C. The van der Waals surface area contributed by atoms with Crippen molar-refractivity contribution in [3.8, 4) is 0 Å². The van der Waals surface area contributed by atoms with Crippen LogP contribution in [0, 0.1) is 107 Å². The molecule has 296 valence electrons. The third-order valence-electron chi connectivity index (χ3n) is 20.8. The van der Waals surface area contributed by atoms with Gasteiger partial charge in [0.05, 0.1) is 0 Å². The number of thioether (sulfide) groups is 1. The van der Waals surface area contributed by atoms with Crippen molar-refractivity contribution in [2.24, 2.45) is 107 Å². The maximum absolute atomic E-state index is 2.79. The molecule has 0 bridgehead atoms. The topological polar surface area (TPSA) is 0 Å². The Labute approximate surface area is 328 Å². The molecule has 1 heteroatoms. The van der Waals surface area contributed by atoms with Gasteiger partial charge in [-0.25, -0.2) is 0 Å². The molecular weight excluding hydrogens is 645 g/mol. The Hall–Kier alpha value is 0.350. The second kappa shape index (κ2) is 16.7. The van der Waals surface area contributed by atoms with Gasteiger partial charge in [-0.1, -0.05) is 111 Å². The van der Waals surface area contributed by atoms with Crippen LogP contribution in [-0.4, -0.2) is 10.5 Å². The first-order chi connectivity index (χ1) is 25.4. The van der Waals surface area contributed by atoms with Gasteiger partial charge in [0.2, 0.25) is 0 Å². The van der Waals surface area contributed by atoms with Gasteiger partial charge in [-0.15, -0.1) is 0 Å². The number of fused-ring (bicyclic) bond motifs is 4. The van der Waals surface area contributed by atoms with E-state index >= 15 is 0 Å². The summed E-state index contributed by atoms with van der Waals surface area (Å²) in [6.45, 7) is 10.9. The van der Waals surface area contributed by atoms with E-state index in [9.17, 15) is 0 Å². The van der Waals surface area contributed by atoms with E-state index in [1.54, 1.807) is 148 Å². The highest BCUT2D eigenvalue weighted by Gasteiger charge is 2.52. The van der Waals surface area contributed by atoms with Crippen LogP contribution in [0.1, 0.15) is 201 Å². The van der Waals surface area contributed by atoms with Crippen LogP contribution in [0.2, 0.25) is 0 Å². The molecular formula is C51H86S. The minimum Gasteiger partial charge on any atom is -0.154 e. The van der Waals surface area contributed by atoms with Crippen molar-refractivity contribution in [2.75, 3.05) is 0 Å². The summed E-state index contributed by atoms with van der Waals surface area (Å²) in [7, 11) is 0. The zero-order valence-electron chi connectivity index (χ0n) is 35.0. The summed E-state index contributed by atoms with van der Waals surface area (Å²) < 4.78 is 0. The first kappa shape index (κ1) is 37.9. The van der Waals surface area contributed by atoms with Gasteiger partial charge < -0.3 is 0 Å². The molecule has 0 N–H and O–H groups in total. The van der Waals surface area contributed by atoms with Crippen LogP contribution in [0.3, 0.4) is 0 Å². The van der Waals surface area contributed by atoms with E-state index in [4.69, 9.17) is 0 Å². The fourth-order valence-electron chi connectivity index (χ4n) is 18.1. The third kappa shape index (κ3) is 7.44. The smallest absolute Gasteiger partial charge is 0.0112 e. The second-order valence-corrected chi connectivity index (χ2v) is 24.1. The molecule has 0 nitrogen and oxygen atoms in total. The zero-order valence-corrected chi connectivity index (χ0v) is 35.9. The Kier molecular flexibility index (Phi) is 12.2. The van der Waals surface area contributed by atoms with Crippen molar-refractivity contribution in [3.05, 3.63) is 0 Å². The van der Waals surface area contributed by atoms with Gasteiger partial charge in [-0.2, -0.15) is 11.8 Å². The van der Waals surface area contributed by atoms with Crippen LogP contribution in [0.4, 0.5) is 0 Å². The summed E-state index contributed by atoms with van der Waals surface area (Å²) in [5.41, 5.74) is 0. The summed E-state index contributed by atoms with van der Waals surface area (Å²) in [6.07, 6.45) is 42.5. The van der Waals surface area contributed by atoms with Crippen molar-refractivity contribution < 1.29 is 0 Å². The molecule has 20 atom stereocenters. The molecule has 9 fully saturated rings. The first-order valence-corrected chi connectivity index (χ1v) is 26.0. The molecule has 1 saturated heterocycles. The van der Waals surface area contributed by atoms with Gasteiger partial charge in [-0.05, 0) is 196 Å². The summed E-state index contributed by atoms with van der Waals surface area (Å²) in [6, 6.07) is 0. The summed E-state index contributed by atoms with van der Waals surface area (Å²) in [5.74, 6) is 18.9. The van der Waals surface area contributed by atoms with E-state index < -0.39 is 0 Å². The molecule has 0 radical (unpaired) electrons. The Balaban J connectivity index is 0.783. The van der Waals surface area contributed by atoms with E-state index in [1.165, 1.54) is 25.7 Å². The quantitative estimate of drug-likeness (QED) is 0.262. The van der Waals surface area contributed by atoms with Crippen molar-refractivity contribution in [2.45, 2.75) is 212 Å². The molecule has 0 amide bonds. The van der Waals surface area contributed by atoms with Gasteiger partial charge in [0.1, 0.15) is 0 Å². The van der Waals surface area contributed by atoms with Crippen molar-refractivity contribution in [1.29, 1.82) is 0 Å². The third-order valence-corrected chi connectivity index (χ3v) is 22.8. The highest BCUT2D eigenvalue weighted by atomic mass is 32.2. The van der Waals surface area contributed by atoms with E-state index in [2.05, 4.69) is 39.5 Å². The maximum Gasteiger partial charge on any atom is 0.0112 e. The minimum absolute atomic E-state index is 0.978. The monoisotopic (exact) mass is 731 g/mol. The van der Waals surface area contributed by atoms with Gasteiger partial charge >= 0.3 is 0 Å². The minimum atomic E-state index is 0.978. The molecule has 9 aliphatic rings. The molecule has 9 rings (SSSR count). The van der Waals surface area contributed by atoms with Crippen LogP contribution < -0.4 is 0 Å². The number of hydrogen-bond donors (Lipinski definition) is 0. The molecule has 0 spiro atoms. The fourth-order valence-corrected chi connectivity index (χ4v) is 20.5. The second-order valence-electron chi connectivity index (χ2n) is 22.7. The lowest BCUT2D eigenvalue weighted by molar-refractivity contribution is -0.0215. The number of hydrogen-bond acceptors (Lipinski definition) is 1. The Morgan fingerprint density at radius 3 is 1.77 bits per heavy atom. The molecule has 1 heterocycles. The molecule has 1 aliphatic heterocycles. The Morgan fingerprint density at radius 1 is 0.385 bits per heavy atom. The lowest BCUT2D eigenvalue weighted by Crippen LogP contribution is -2.43. The van der Waals surface area contributed by atoms with E-state index in [0.29, 0.717) is 0 Å². The summed E-state index contributed by atoms with van der Waals surface area (Å²) in [4.78, 5) is 0. The van der Waals surface area contributed by atoms with Crippen LogP contribution >= 0.6 is 11.8 Å². The summed E-state index contributed by atoms with van der Waals surface area (Å²) >= 11 is 2.55. The molecule has 0 aromatic heterocycles. The highest BCUT2D eigenvalue weighted by molar-refractivity contribution is 8.00. The maximum atomic E-state index is 2.79. The average Bonchev–Trinajstić information content (AvgIpc) is 3.57. The van der Waals surface area contributed by atoms with Crippen molar-refractivity contribution >= 4 is 11.8 Å². The highest BCUT2D eigenvalue weighted by Crippen LogP contribution is 2.60. The lowest BCUT2D eigenvalue weighted by atomic mass is 9.53. The van der Waals surface area contributed by atoms with Gasteiger partial charge in [0.25, 0.3) is 0 Å². The predicted octanol–water partition coefficient (Wildman–Crippen LogP) is 15.3. The van der Waals surface area contributed by atoms with Gasteiger partial charge in [-0.3, -0.25) is 0 Å². The Morgan fingerprint density at radius 2 is 0.942 bits per heavy atom. The zero-order chi connectivity index (χ0) is 35.3. The van der Waals surface area contributed by atoms with E-state index in [0.717, 1.165) is 117 Å². The molecule has 0 aromatic rings. The van der Waals surface area contributed by atoms with E-state index in [-0.39, 0.29) is 0 Å². The van der Waals surface area contributed by atoms with Crippen LogP contribution in [-0.2, 0) is 0 Å². The molecule has 52 heavy (non-hydrogen) atoms. The van der Waals surface area contributed by atoms with Crippen LogP contribution in [0.25, 0.3) is 0 Å². The van der Waals surface area contributed by atoms with Gasteiger partial charge in [0.15, 0.2) is 0 Å². The summed E-state index contributed by atoms with van der Waals surface area (Å²) in [5, 5.41) is 2.11. The lowest BCUT2D eigenvalue weighted by Gasteiger charge is -2.52. The van der Waals surface area contributed by atoms with E-state index in [1.807, 2.05) is 0 Å². The van der Waals surface area contributed by atoms with Crippen LogP contribution in [0.15, 0.2) is 0 Å². The number of rotatable bonds is 6. The predicted molar refractivity (Wildman–Crippen MR) is 225 cm³/mol. The Bertz CT molecular complexity index is 1140. The molecule has 20 unspecified atom stereocenters. The van der Waals surface area contributed by atoms with Gasteiger partial charge in [0, 0.05) is 10.5 Å². The fraction of sp³-hybridized carbons (Fsp3) is 1.00. The molecule has 8 saturated carbocycles. The molecule has 0 aromatic carbocycles. The normalized spacial score (nSPS) is 53.7. The molecule has 8 aliphatic carbocycles. The largest absolute Gasteiger partial charge is 0.154 e. The standard InChI is InChI=1S/C51H86S/c1-32-13-5-6-18-42(32)46-21-11-20-44(35(46)4)39-16-10-15-37(30-39)38-25-28-45-34(3)43(27-26-41(45)31-38)33(2)36-14-9-17-40(29-36)47-22-12-23-49-48-19-7-8-24-50(48)52-51(47)49/h32-51H,5-31H2,1-4H3. The van der Waals surface area contributed by atoms with Crippen LogP contribution in [0.5, 0.6) is 0 Å².